The highest BCUT2D eigenvalue weighted by Gasteiger charge is 2.10. The van der Waals surface area contributed by atoms with Crippen LogP contribution in [0, 0.1) is 0 Å². The van der Waals surface area contributed by atoms with Crippen LogP contribution in [-0.2, 0) is 9.47 Å². The molecule has 17 heavy (non-hydrogen) atoms. The SMILES string of the molecule is CCN(CCOC)c1cnc(C(=O)OC)cn1. The Morgan fingerprint density at radius 2 is 2.12 bits per heavy atom. The van der Waals surface area contributed by atoms with Crippen molar-refractivity contribution in [2.45, 2.75) is 6.92 Å². The number of rotatable bonds is 6. The van der Waals surface area contributed by atoms with E-state index in [1.54, 1.807) is 13.3 Å². The third-order valence-electron chi connectivity index (χ3n) is 2.30. The lowest BCUT2D eigenvalue weighted by atomic mass is 10.4. The first-order valence-corrected chi connectivity index (χ1v) is 5.37. The predicted octanol–water partition coefficient (Wildman–Crippen LogP) is 0.736. The Hall–Kier alpha value is -1.69. The molecule has 6 nitrogen and oxygen atoms in total. The van der Waals surface area contributed by atoms with Crippen molar-refractivity contribution in [2.24, 2.45) is 0 Å². The van der Waals surface area contributed by atoms with Gasteiger partial charge in [-0.15, -0.1) is 0 Å². The molecule has 0 spiro atoms. The fourth-order valence-corrected chi connectivity index (χ4v) is 1.33. The van der Waals surface area contributed by atoms with Crippen molar-refractivity contribution in [1.29, 1.82) is 0 Å². The average molecular weight is 239 g/mol. The Labute approximate surface area is 101 Å². The van der Waals surface area contributed by atoms with E-state index in [0.717, 1.165) is 18.9 Å². The van der Waals surface area contributed by atoms with Crippen LogP contribution in [0.15, 0.2) is 12.4 Å². The van der Waals surface area contributed by atoms with Gasteiger partial charge < -0.3 is 14.4 Å². The summed E-state index contributed by atoms with van der Waals surface area (Å²) in [6.07, 6.45) is 2.97. The summed E-state index contributed by atoms with van der Waals surface area (Å²) in [5.74, 6) is 0.237. The summed E-state index contributed by atoms with van der Waals surface area (Å²) in [6, 6.07) is 0. The fraction of sp³-hybridized carbons (Fsp3) is 0.545. The molecule has 0 radical (unpaired) electrons. The van der Waals surface area contributed by atoms with Crippen LogP contribution >= 0.6 is 0 Å². The lowest BCUT2D eigenvalue weighted by Gasteiger charge is -2.20. The maximum atomic E-state index is 11.2. The minimum absolute atomic E-state index is 0.207. The minimum Gasteiger partial charge on any atom is -0.464 e. The van der Waals surface area contributed by atoms with Crippen molar-refractivity contribution < 1.29 is 14.3 Å². The van der Waals surface area contributed by atoms with Gasteiger partial charge >= 0.3 is 5.97 Å². The van der Waals surface area contributed by atoms with Gasteiger partial charge in [0, 0.05) is 20.2 Å². The summed E-state index contributed by atoms with van der Waals surface area (Å²) in [6.45, 7) is 4.18. The van der Waals surface area contributed by atoms with Gasteiger partial charge in [-0.05, 0) is 6.92 Å². The standard InChI is InChI=1S/C11H17N3O3/c1-4-14(5-6-16-2)10-8-12-9(7-13-10)11(15)17-3/h7-8H,4-6H2,1-3H3. The molecule has 0 aromatic carbocycles. The second kappa shape index (κ2) is 6.80. The van der Waals surface area contributed by atoms with E-state index in [9.17, 15) is 4.79 Å². The van der Waals surface area contributed by atoms with Crippen molar-refractivity contribution >= 4 is 11.8 Å². The third kappa shape index (κ3) is 3.67. The predicted molar refractivity (Wildman–Crippen MR) is 63.1 cm³/mol. The van der Waals surface area contributed by atoms with E-state index in [2.05, 4.69) is 14.7 Å². The minimum atomic E-state index is -0.482. The highest BCUT2D eigenvalue weighted by atomic mass is 16.5. The number of carbonyl (C=O) groups excluding carboxylic acids is 1. The van der Waals surface area contributed by atoms with Crippen LogP contribution in [0.4, 0.5) is 5.82 Å². The van der Waals surface area contributed by atoms with Crippen LogP contribution in [0.25, 0.3) is 0 Å². The zero-order valence-corrected chi connectivity index (χ0v) is 10.3. The van der Waals surface area contributed by atoms with E-state index >= 15 is 0 Å². The third-order valence-corrected chi connectivity index (χ3v) is 2.30. The molecule has 0 aliphatic carbocycles. The largest absolute Gasteiger partial charge is 0.464 e. The van der Waals surface area contributed by atoms with Gasteiger partial charge in [-0.3, -0.25) is 0 Å². The number of anilines is 1. The van der Waals surface area contributed by atoms with Gasteiger partial charge in [-0.25, -0.2) is 14.8 Å². The van der Waals surface area contributed by atoms with Crippen molar-refractivity contribution in [3.8, 4) is 0 Å². The molecule has 0 unspecified atom stereocenters. The summed E-state index contributed by atoms with van der Waals surface area (Å²) in [7, 11) is 2.97. The second-order valence-electron chi connectivity index (χ2n) is 3.32. The molecule has 0 aliphatic heterocycles. The number of likely N-dealkylation sites (N-methyl/N-ethyl adjacent to an activating group) is 1. The molecule has 0 fully saturated rings. The summed E-state index contributed by atoms with van der Waals surface area (Å²) < 4.78 is 9.56. The average Bonchev–Trinajstić information content (AvgIpc) is 2.39. The van der Waals surface area contributed by atoms with E-state index < -0.39 is 5.97 Å². The second-order valence-corrected chi connectivity index (χ2v) is 3.32. The van der Waals surface area contributed by atoms with Crippen molar-refractivity contribution in [3.05, 3.63) is 18.1 Å². The Morgan fingerprint density at radius 1 is 1.35 bits per heavy atom. The molecule has 0 bridgehead atoms. The van der Waals surface area contributed by atoms with Crippen LogP contribution in [0.2, 0.25) is 0 Å². The van der Waals surface area contributed by atoms with Crippen molar-refractivity contribution in [3.63, 3.8) is 0 Å². The highest BCUT2D eigenvalue weighted by Crippen LogP contribution is 2.08. The zero-order chi connectivity index (χ0) is 12.7. The normalized spacial score (nSPS) is 10.1. The van der Waals surface area contributed by atoms with Gasteiger partial charge in [-0.1, -0.05) is 0 Å². The van der Waals surface area contributed by atoms with Gasteiger partial charge in [0.1, 0.15) is 5.82 Å². The number of nitrogens with zero attached hydrogens (tertiary/aromatic N) is 3. The van der Waals surface area contributed by atoms with E-state index in [4.69, 9.17) is 4.74 Å². The molecule has 0 saturated carbocycles. The van der Waals surface area contributed by atoms with E-state index in [0.29, 0.717) is 6.61 Å². The van der Waals surface area contributed by atoms with E-state index in [1.807, 2.05) is 11.8 Å². The number of aromatic nitrogens is 2. The first-order chi connectivity index (χ1) is 8.22. The van der Waals surface area contributed by atoms with Crippen LogP contribution in [0.5, 0.6) is 0 Å². The van der Waals surface area contributed by atoms with E-state index in [-0.39, 0.29) is 5.69 Å². The first kappa shape index (κ1) is 13.4. The molecule has 0 atom stereocenters. The maximum Gasteiger partial charge on any atom is 0.358 e. The molecule has 0 amide bonds. The number of ether oxygens (including phenoxy) is 2. The lowest BCUT2D eigenvalue weighted by Crippen LogP contribution is -2.28. The molecule has 94 valence electrons. The molecule has 1 aromatic rings. The Bertz CT molecular complexity index is 353. The van der Waals surface area contributed by atoms with Gasteiger partial charge in [0.15, 0.2) is 5.69 Å². The van der Waals surface area contributed by atoms with Gasteiger partial charge in [-0.2, -0.15) is 0 Å². The molecule has 0 aliphatic rings. The highest BCUT2D eigenvalue weighted by molar-refractivity contribution is 5.86. The number of hydrogen-bond acceptors (Lipinski definition) is 6. The Morgan fingerprint density at radius 3 is 2.59 bits per heavy atom. The smallest absolute Gasteiger partial charge is 0.358 e. The van der Waals surface area contributed by atoms with Crippen molar-refractivity contribution in [2.75, 3.05) is 38.8 Å². The summed E-state index contributed by atoms with van der Waals surface area (Å²) >= 11 is 0. The van der Waals surface area contributed by atoms with Crippen molar-refractivity contribution in [1.82, 2.24) is 9.97 Å². The maximum absolute atomic E-state index is 11.2. The van der Waals surface area contributed by atoms with Crippen LogP contribution in [-0.4, -0.2) is 49.9 Å². The number of carbonyl (C=O) groups is 1. The molecular formula is C11H17N3O3. The monoisotopic (exact) mass is 239 g/mol. The van der Waals surface area contributed by atoms with Crippen LogP contribution < -0.4 is 4.90 Å². The topological polar surface area (TPSA) is 64.5 Å². The molecule has 1 heterocycles. The lowest BCUT2D eigenvalue weighted by molar-refractivity contribution is 0.0593. The number of esters is 1. The Balaban J connectivity index is 2.74. The summed E-state index contributed by atoms with van der Waals surface area (Å²) in [5, 5.41) is 0. The van der Waals surface area contributed by atoms with E-state index in [1.165, 1.54) is 13.3 Å². The summed E-state index contributed by atoms with van der Waals surface area (Å²) in [4.78, 5) is 21.4. The van der Waals surface area contributed by atoms with Gasteiger partial charge in [0.05, 0.1) is 26.1 Å². The molecule has 1 rings (SSSR count). The first-order valence-electron chi connectivity index (χ1n) is 5.37. The molecule has 0 saturated heterocycles. The zero-order valence-electron chi connectivity index (χ0n) is 10.3. The Kier molecular flexibility index (Phi) is 5.35. The molecular weight excluding hydrogens is 222 g/mol. The molecule has 6 heteroatoms. The quantitative estimate of drug-likeness (QED) is 0.682. The fourth-order valence-electron chi connectivity index (χ4n) is 1.33. The van der Waals surface area contributed by atoms with Gasteiger partial charge in [0.25, 0.3) is 0 Å². The molecule has 0 N–H and O–H groups in total. The summed E-state index contributed by atoms with van der Waals surface area (Å²) in [5.41, 5.74) is 0.207. The van der Waals surface area contributed by atoms with Gasteiger partial charge in [0.2, 0.25) is 0 Å². The number of hydrogen-bond donors (Lipinski definition) is 0. The molecule has 1 aromatic heterocycles. The van der Waals surface area contributed by atoms with Crippen LogP contribution in [0.3, 0.4) is 0 Å². The number of methoxy groups -OCH3 is 2. The van der Waals surface area contributed by atoms with Crippen LogP contribution in [0.1, 0.15) is 17.4 Å².